The molecule has 0 unspecified atom stereocenters. The maximum atomic E-state index is 12.1. The summed E-state index contributed by atoms with van der Waals surface area (Å²) >= 11 is 1.49. The second-order valence-electron chi connectivity index (χ2n) is 6.09. The van der Waals surface area contributed by atoms with Crippen molar-refractivity contribution >= 4 is 27.8 Å². The first-order chi connectivity index (χ1) is 9.93. The summed E-state index contributed by atoms with van der Waals surface area (Å²) in [6, 6.07) is 0. The molecule has 1 aliphatic rings. The van der Waals surface area contributed by atoms with Crippen LogP contribution < -0.4 is 15.4 Å². The van der Waals surface area contributed by atoms with Gasteiger partial charge in [-0.25, -0.2) is 0 Å². The summed E-state index contributed by atoms with van der Waals surface area (Å²) in [5, 5.41) is 1.03. The van der Waals surface area contributed by atoms with Crippen LogP contribution in [0.3, 0.4) is 0 Å². The van der Waals surface area contributed by atoms with E-state index in [2.05, 4.69) is 11.8 Å². The first kappa shape index (κ1) is 16.1. The highest BCUT2D eigenvalue weighted by Gasteiger charge is 2.27. The quantitative estimate of drug-likeness (QED) is 0.837. The zero-order valence-corrected chi connectivity index (χ0v) is 14.3. The van der Waals surface area contributed by atoms with E-state index >= 15 is 0 Å². The lowest BCUT2D eigenvalue weighted by Crippen LogP contribution is -2.32. The summed E-state index contributed by atoms with van der Waals surface area (Å²) in [6.45, 7) is 10.1. The van der Waals surface area contributed by atoms with Gasteiger partial charge in [0.2, 0.25) is 0 Å². The SMILES string of the molecule is CCC(=O)c1sc(N2CCC(C)CC2)c(OC(C)C)c1N. The number of hydrogen-bond acceptors (Lipinski definition) is 5. The topological polar surface area (TPSA) is 55.6 Å². The molecular formula is C16H26N2O2S. The van der Waals surface area contributed by atoms with Gasteiger partial charge in [0.05, 0.1) is 16.7 Å². The molecule has 1 aliphatic heterocycles. The number of ketones is 1. The fraction of sp³-hybridized carbons (Fsp3) is 0.688. The van der Waals surface area contributed by atoms with Crippen molar-refractivity contribution in [1.29, 1.82) is 0 Å². The van der Waals surface area contributed by atoms with E-state index in [0.29, 0.717) is 22.7 Å². The molecule has 1 fully saturated rings. The van der Waals surface area contributed by atoms with Gasteiger partial charge >= 0.3 is 0 Å². The lowest BCUT2D eigenvalue weighted by molar-refractivity contribution is 0.0992. The number of carbonyl (C=O) groups excluding carboxylic acids is 1. The molecule has 0 aromatic carbocycles. The molecule has 0 spiro atoms. The molecule has 0 saturated carbocycles. The van der Waals surface area contributed by atoms with Gasteiger partial charge in [-0.1, -0.05) is 13.8 Å². The monoisotopic (exact) mass is 310 g/mol. The van der Waals surface area contributed by atoms with Crippen molar-refractivity contribution in [3.8, 4) is 5.75 Å². The molecule has 21 heavy (non-hydrogen) atoms. The van der Waals surface area contributed by atoms with Crippen molar-refractivity contribution in [2.45, 2.75) is 53.1 Å². The molecule has 4 nitrogen and oxygen atoms in total. The largest absolute Gasteiger partial charge is 0.486 e. The van der Waals surface area contributed by atoms with E-state index in [0.717, 1.165) is 24.0 Å². The minimum atomic E-state index is 0.0499. The third-order valence-corrected chi connectivity index (χ3v) is 5.17. The minimum absolute atomic E-state index is 0.0499. The van der Waals surface area contributed by atoms with Crippen molar-refractivity contribution in [2.75, 3.05) is 23.7 Å². The molecule has 2 heterocycles. The Morgan fingerprint density at radius 1 is 1.43 bits per heavy atom. The summed E-state index contributed by atoms with van der Waals surface area (Å²) in [4.78, 5) is 15.1. The summed E-state index contributed by atoms with van der Waals surface area (Å²) in [5.41, 5.74) is 6.72. The number of nitrogens with zero attached hydrogens (tertiary/aromatic N) is 1. The molecule has 1 saturated heterocycles. The fourth-order valence-corrected chi connectivity index (χ4v) is 3.77. The van der Waals surface area contributed by atoms with Crippen LogP contribution in [0.4, 0.5) is 10.7 Å². The molecule has 5 heteroatoms. The van der Waals surface area contributed by atoms with E-state index in [1.165, 1.54) is 24.2 Å². The Hall–Kier alpha value is -1.23. The van der Waals surface area contributed by atoms with Gasteiger partial charge in [0.25, 0.3) is 0 Å². The molecule has 0 radical (unpaired) electrons. The zero-order chi connectivity index (χ0) is 15.6. The Morgan fingerprint density at radius 3 is 2.57 bits per heavy atom. The van der Waals surface area contributed by atoms with Crippen LogP contribution in [0.15, 0.2) is 0 Å². The van der Waals surface area contributed by atoms with Crippen LogP contribution in [0, 0.1) is 5.92 Å². The van der Waals surface area contributed by atoms with Crippen LogP contribution in [-0.4, -0.2) is 25.0 Å². The van der Waals surface area contributed by atoms with E-state index in [4.69, 9.17) is 10.5 Å². The maximum absolute atomic E-state index is 12.1. The average molecular weight is 310 g/mol. The number of piperidine rings is 1. The zero-order valence-electron chi connectivity index (χ0n) is 13.4. The molecular weight excluding hydrogens is 284 g/mol. The van der Waals surface area contributed by atoms with E-state index in [-0.39, 0.29) is 11.9 Å². The Balaban J connectivity index is 2.35. The average Bonchev–Trinajstić information content (AvgIpc) is 2.76. The van der Waals surface area contributed by atoms with Crippen LogP contribution >= 0.6 is 11.3 Å². The van der Waals surface area contributed by atoms with Crippen LogP contribution in [-0.2, 0) is 0 Å². The van der Waals surface area contributed by atoms with Crippen molar-refractivity contribution in [1.82, 2.24) is 0 Å². The first-order valence-electron chi connectivity index (χ1n) is 7.81. The number of thiophene rings is 1. The molecule has 0 bridgehead atoms. The third-order valence-electron chi connectivity index (χ3n) is 3.88. The number of anilines is 2. The normalized spacial score (nSPS) is 16.5. The summed E-state index contributed by atoms with van der Waals surface area (Å²) in [7, 11) is 0. The predicted octanol–water partition coefficient (Wildman–Crippen LogP) is 3.95. The number of nitrogens with two attached hydrogens (primary N) is 1. The third kappa shape index (κ3) is 3.51. The molecule has 0 aliphatic carbocycles. The van der Waals surface area contributed by atoms with Crippen LogP contribution in [0.25, 0.3) is 0 Å². The summed E-state index contributed by atoms with van der Waals surface area (Å²) < 4.78 is 5.92. The van der Waals surface area contributed by atoms with Crippen LogP contribution in [0.2, 0.25) is 0 Å². The van der Waals surface area contributed by atoms with E-state index in [1.54, 1.807) is 0 Å². The standard InChI is InChI=1S/C16H26N2O2S/c1-5-12(19)15-13(17)14(20-10(2)3)16(21-15)18-8-6-11(4)7-9-18/h10-11H,5-9,17H2,1-4H3. The highest BCUT2D eigenvalue weighted by molar-refractivity contribution is 7.19. The van der Waals surface area contributed by atoms with Gasteiger partial charge in [-0.3, -0.25) is 4.79 Å². The molecule has 118 valence electrons. The highest BCUT2D eigenvalue weighted by Crippen LogP contribution is 2.46. The van der Waals surface area contributed by atoms with E-state index in [1.807, 2.05) is 20.8 Å². The van der Waals surface area contributed by atoms with Gasteiger partial charge in [0.15, 0.2) is 11.5 Å². The van der Waals surface area contributed by atoms with Crippen LogP contribution in [0.1, 0.15) is 56.6 Å². The number of carbonyl (C=O) groups is 1. The fourth-order valence-electron chi connectivity index (χ4n) is 2.55. The van der Waals surface area contributed by atoms with Crippen molar-refractivity contribution in [3.63, 3.8) is 0 Å². The Bertz CT molecular complexity index is 503. The van der Waals surface area contributed by atoms with E-state index < -0.39 is 0 Å². The summed E-state index contributed by atoms with van der Waals surface area (Å²) in [6.07, 6.45) is 2.88. The number of ether oxygens (including phenoxy) is 1. The predicted molar refractivity (Wildman–Crippen MR) is 89.7 cm³/mol. The number of rotatable bonds is 5. The van der Waals surface area contributed by atoms with E-state index in [9.17, 15) is 4.79 Å². The Labute approximate surface area is 131 Å². The molecule has 0 atom stereocenters. The maximum Gasteiger partial charge on any atom is 0.177 e. The molecule has 0 amide bonds. The number of nitrogen functional groups attached to an aromatic ring is 1. The van der Waals surface area contributed by atoms with Gasteiger partial charge in [0.1, 0.15) is 5.00 Å². The second-order valence-corrected chi connectivity index (χ2v) is 7.09. The van der Waals surface area contributed by atoms with Gasteiger partial charge in [0, 0.05) is 19.5 Å². The second kappa shape index (κ2) is 6.69. The molecule has 1 aromatic heterocycles. The first-order valence-corrected chi connectivity index (χ1v) is 8.62. The van der Waals surface area contributed by atoms with Gasteiger partial charge < -0.3 is 15.4 Å². The minimum Gasteiger partial charge on any atom is -0.486 e. The van der Waals surface area contributed by atoms with Gasteiger partial charge in [-0.05, 0) is 32.6 Å². The van der Waals surface area contributed by atoms with Crippen molar-refractivity contribution in [3.05, 3.63) is 4.88 Å². The number of hydrogen-bond donors (Lipinski definition) is 1. The van der Waals surface area contributed by atoms with Gasteiger partial charge in [-0.15, -0.1) is 11.3 Å². The highest BCUT2D eigenvalue weighted by atomic mass is 32.1. The lowest BCUT2D eigenvalue weighted by atomic mass is 9.99. The molecule has 1 aromatic rings. The van der Waals surface area contributed by atoms with Gasteiger partial charge in [-0.2, -0.15) is 0 Å². The lowest BCUT2D eigenvalue weighted by Gasteiger charge is -2.31. The van der Waals surface area contributed by atoms with Crippen LogP contribution in [0.5, 0.6) is 5.75 Å². The smallest absolute Gasteiger partial charge is 0.177 e. The Morgan fingerprint density at radius 2 is 2.05 bits per heavy atom. The number of Topliss-reactive ketones (excluding diaryl/α,β-unsaturated/α-hetero) is 1. The summed E-state index contributed by atoms with van der Waals surface area (Å²) in [5.74, 6) is 1.58. The Kier molecular flexibility index (Phi) is 5.14. The van der Waals surface area contributed by atoms with Crippen molar-refractivity contribution in [2.24, 2.45) is 5.92 Å². The van der Waals surface area contributed by atoms with Crippen molar-refractivity contribution < 1.29 is 9.53 Å². The molecule has 2 rings (SSSR count). The molecule has 2 N–H and O–H groups in total.